The number of thioether (sulfide) groups is 1. The molecule has 0 aliphatic carbocycles. The van der Waals surface area contributed by atoms with E-state index in [-0.39, 0.29) is 0 Å². The number of hydrogen-bond acceptors (Lipinski definition) is 6. The molecule has 1 aliphatic rings. The molecule has 0 bridgehead atoms. The normalized spacial score (nSPS) is 18.1. The maximum Gasteiger partial charge on any atom is 0.224 e. The fourth-order valence-electron chi connectivity index (χ4n) is 3.16. The zero-order valence-corrected chi connectivity index (χ0v) is 16.1. The van der Waals surface area contributed by atoms with Crippen LogP contribution in [-0.4, -0.2) is 54.4 Å². The SMILES string of the molecule is CSc1ccc(CN2CCCC(Nc3nccc(N(C)C)n3)C2)cc1. The lowest BCUT2D eigenvalue weighted by atomic mass is 10.0. The number of likely N-dealkylation sites (tertiary alicyclic amines) is 1. The zero-order valence-electron chi connectivity index (χ0n) is 15.3. The van der Waals surface area contributed by atoms with Crippen LogP contribution in [0.2, 0.25) is 0 Å². The van der Waals surface area contributed by atoms with E-state index < -0.39 is 0 Å². The summed E-state index contributed by atoms with van der Waals surface area (Å²) in [5.41, 5.74) is 1.38. The second-order valence-electron chi connectivity index (χ2n) is 6.70. The lowest BCUT2D eigenvalue weighted by Crippen LogP contribution is -2.41. The van der Waals surface area contributed by atoms with Crippen molar-refractivity contribution in [2.45, 2.75) is 30.3 Å². The molecule has 0 spiro atoms. The smallest absolute Gasteiger partial charge is 0.224 e. The minimum absolute atomic E-state index is 0.400. The van der Waals surface area contributed by atoms with E-state index in [1.165, 1.54) is 16.9 Å². The fraction of sp³-hybridized carbons (Fsp3) is 0.474. The van der Waals surface area contributed by atoms with E-state index >= 15 is 0 Å². The van der Waals surface area contributed by atoms with Gasteiger partial charge in [0.05, 0.1) is 0 Å². The highest BCUT2D eigenvalue weighted by atomic mass is 32.2. The molecule has 0 saturated carbocycles. The molecule has 1 atom stereocenters. The van der Waals surface area contributed by atoms with E-state index in [9.17, 15) is 0 Å². The lowest BCUT2D eigenvalue weighted by Gasteiger charge is -2.33. The first kappa shape index (κ1) is 18.0. The zero-order chi connectivity index (χ0) is 17.6. The quantitative estimate of drug-likeness (QED) is 0.800. The van der Waals surface area contributed by atoms with Crippen molar-refractivity contribution in [3.63, 3.8) is 0 Å². The van der Waals surface area contributed by atoms with Crippen LogP contribution in [0, 0.1) is 0 Å². The summed E-state index contributed by atoms with van der Waals surface area (Å²) in [5.74, 6) is 1.65. The number of rotatable bonds is 6. The molecule has 1 aliphatic heterocycles. The molecule has 2 heterocycles. The molecule has 25 heavy (non-hydrogen) atoms. The second kappa shape index (κ2) is 8.54. The van der Waals surface area contributed by atoms with Gasteiger partial charge in [-0.05, 0) is 49.4 Å². The molecular weight excluding hydrogens is 330 g/mol. The Hall–Kier alpha value is -1.79. The monoisotopic (exact) mass is 357 g/mol. The third-order valence-electron chi connectivity index (χ3n) is 4.50. The highest BCUT2D eigenvalue weighted by Gasteiger charge is 2.20. The second-order valence-corrected chi connectivity index (χ2v) is 7.58. The molecule has 5 nitrogen and oxygen atoms in total. The Morgan fingerprint density at radius 2 is 2.04 bits per heavy atom. The number of benzene rings is 1. The van der Waals surface area contributed by atoms with E-state index in [0.717, 1.165) is 37.8 Å². The van der Waals surface area contributed by atoms with Crippen molar-refractivity contribution >= 4 is 23.5 Å². The minimum Gasteiger partial charge on any atom is -0.363 e. The maximum atomic E-state index is 4.58. The first-order chi connectivity index (χ1) is 12.1. The summed E-state index contributed by atoms with van der Waals surface area (Å²) in [5, 5.41) is 3.52. The van der Waals surface area contributed by atoms with Crippen molar-refractivity contribution in [1.29, 1.82) is 0 Å². The summed E-state index contributed by atoms with van der Waals surface area (Å²) in [6.07, 6.45) is 6.30. The van der Waals surface area contributed by atoms with Gasteiger partial charge in [-0.15, -0.1) is 11.8 Å². The molecule has 2 aromatic rings. The Kier molecular flexibility index (Phi) is 6.15. The molecular formula is C19H27N5S. The molecule has 6 heteroatoms. The summed E-state index contributed by atoms with van der Waals surface area (Å²) in [4.78, 5) is 14.8. The van der Waals surface area contributed by atoms with Crippen molar-refractivity contribution in [3.8, 4) is 0 Å². The van der Waals surface area contributed by atoms with Crippen molar-refractivity contribution in [2.24, 2.45) is 0 Å². The van der Waals surface area contributed by atoms with E-state index in [4.69, 9.17) is 0 Å². The van der Waals surface area contributed by atoms with Crippen LogP contribution in [0.25, 0.3) is 0 Å². The Morgan fingerprint density at radius 3 is 2.76 bits per heavy atom. The Balaban J connectivity index is 1.58. The summed E-state index contributed by atoms with van der Waals surface area (Å²) >= 11 is 1.79. The van der Waals surface area contributed by atoms with Gasteiger partial charge in [0.2, 0.25) is 5.95 Å². The van der Waals surface area contributed by atoms with Gasteiger partial charge in [0, 0.05) is 44.3 Å². The van der Waals surface area contributed by atoms with Gasteiger partial charge in [-0.1, -0.05) is 12.1 Å². The molecule has 0 amide bonds. The lowest BCUT2D eigenvalue weighted by molar-refractivity contribution is 0.208. The molecule has 0 radical (unpaired) electrons. The summed E-state index contributed by atoms with van der Waals surface area (Å²) < 4.78 is 0. The average Bonchev–Trinajstić information content (AvgIpc) is 2.63. The predicted molar refractivity (Wildman–Crippen MR) is 107 cm³/mol. The molecule has 3 rings (SSSR count). The number of nitrogens with one attached hydrogen (secondary N) is 1. The van der Waals surface area contributed by atoms with Crippen molar-refractivity contribution in [3.05, 3.63) is 42.1 Å². The van der Waals surface area contributed by atoms with Crippen molar-refractivity contribution in [1.82, 2.24) is 14.9 Å². The largest absolute Gasteiger partial charge is 0.363 e. The van der Waals surface area contributed by atoms with E-state index in [1.54, 1.807) is 11.8 Å². The van der Waals surface area contributed by atoms with Gasteiger partial charge in [0.25, 0.3) is 0 Å². The topological polar surface area (TPSA) is 44.3 Å². The average molecular weight is 358 g/mol. The van der Waals surface area contributed by atoms with Gasteiger partial charge < -0.3 is 10.2 Å². The van der Waals surface area contributed by atoms with Crippen molar-refractivity contribution in [2.75, 3.05) is 43.7 Å². The Labute approximate surface area is 154 Å². The Morgan fingerprint density at radius 1 is 1.24 bits per heavy atom. The van der Waals surface area contributed by atoms with Gasteiger partial charge in [0.1, 0.15) is 5.82 Å². The molecule has 134 valence electrons. The first-order valence-electron chi connectivity index (χ1n) is 8.76. The van der Waals surface area contributed by atoms with Gasteiger partial charge in [-0.2, -0.15) is 4.98 Å². The number of hydrogen-bond donors (Lipinski definition) is 1. The summed E-state index contributed by atoms with van der Waals surface area (Å²) in [6, 6.07) is 11.2. The minimum atomic E-state index is 0.400. The molecule has 1 N–H and O–H groups in total. The van der Waals surface area contributed by atoms with Crippen LogP contribution in [0.4, 0.5) is 11.8 Å². The van der Waals surface area contributed by atoms with Crippen LogP contribution < -0.4 is 10.2 Å². The number of anilines is 2. The third-order valence-corrected chi connectivity index (χ3v) is 5.25. The van der Waals surface area contributed by atoms with Gasteiger partial charge >= 0.3 is 0 Å². The van der Waals surface area contributed by atoms with E-state index in [0.29, 0.717) is 6.04 Å². The van der Waals surface area contributed by atoms with Crippen molar-refractivity contribution < 1.29 is 0 Å². The third kappa shape index (κ3) is 5.09. The summed E-state index contributed by atoms with van der Waals surface area (Å²) in [7, 11) is 3.99. The van der Waals surface area contributed by atoms with Gasteiger partial charge in [-0.3, -0.25) is 4.90 Å². The highest BCUT2D eigenvalue weighted by Crippen LogP contribution is 2.19. The van der Waals surface area contributed by atoms with Crippen LogP contribution in [0.15, 0.2) is 41.4 Å². The van der Waals surface area contributed by atoms with Crippen LogP contribution in [-0.2, 0) is 6.54 Å². The van der Waals surface area contributed by atoms with Crippen LogP contribution in [0.1, 0.15) is 18.4 Å². The fourth-order valence-corrected chi connectivity index (χ4v) is 3.56. The van der Waals surface area contributed by atoms with Crippen LogP contribution in [0.3, 0.4) is 0 Å². The number of aromatic nitrogens is 2. The highest BCUT2D eigenvalue weighted by molar-refractivity contribution is 7.98. The van der Waals surface area contributed by atoms with E-state index in [2.05, 4.69) is 50.7 Å². The molecule has 1 saturated heterocycles. The van der Waals surface area contributed by atoms with Crippen LogP contribution in [0.5, 0.6) is 0 Å². The van der Waals surface area contributed by atoms with Gasteiger partial charge in [0.15, 0.2) is 0 Å². The number of nitrogens with zero attached hydrogens (tertiary/aromatic N) is 4. The maximum absolute atomic E-state index is 4.58. The predicted octanol–water partition coefficient (Wildman–Crippen LogP) is 3.34. The summed E-state index contributed by atoms with van der Waals surface area (Å²) in [6.45, 7) is 3.19. The molecule has 1 aromatic heterocycles. The number of piperidine rings is 1. The van der Waals surface area contributed by atoms with Crippen LogP contribution >= 0.6 is 11.8 Å². The standard InChI is InChI=1S/C19H27N5S/c1-23(2)18-10-11-20-19(22-18)21-16-5-4-12-24(14-16)13-15-6-8-17(25-3)9-7-15/h6-11,16H,4-5,12-14H2,1-3H3,(H,20,21,22). The van der Waals surface area contributed by atoms with E-state index in [1.807, 2.05) is 31.3 Å². The molecule has 1 unspecified atom stereocenters. The van der Waals surface area contributed by atoms with Gasteiger partial charge in [-0.25, -0.2) is 4.98 Å². The Bertz CT molecular complexity index is 674. The molecule has 1 fully saturated rings. The molecule has 1 aromatic carbocycles. The first-order valence-corrected chi connectivity index (χ1v) is 9.98.